The van der Waals surface area contributed by atoms with E-state index in [1.807, 2.05) is 30.3 Å². The summed E-state index contributed by atoms with van der Waals surface area (Å²) in [4.78, 5) is 23.3. The van der Waals surface area contributed by atoms with Gasteiger partial charge >= 0.3 is 6.09 Å². The second-order valence-corrected chi connectivity index (χ2v) is 19.4. The molecule has 7 rings (SSSR count). The number of hydrogen-bond donors (Lipinski definition) is 2. The maximum absolute atomic E-state index is 15.2. The average Bonchev–Trinajstić information content (AvgIpc) is 3.85. The molecule has 0 radical (unpaired) electrons. The number of allylic oxidation sites excluding steroid dienone is 1. The normalized spacial score (nSPS) is 24.9. The van der Waals surface area contributed by atoms with Gasteiger partial charge in [0, 0.05) is 44.1 Å². The third-order valence-corrected chi connectivity index (χ3v) is 14.6. The van der Waals surface area contributed by atoms with Crippen LogP contribution in [0.25, 0.3) is 0 Å². The number of benzene rings is 2. The van der Waals surface area contributed by atoms with Crippen molar-refractivity contribution in [1.29, 1.82) is 0 Å². The van der Waals surface area contributed by atoms with E-state index in [9.17, 15) is 10.2 Å². The molecule has 7 unspecified atom stereocenters. The van der Waals surface area contributed by atoms with Crippen LogP contribution >= 0.6 is 0 Å². The lowest BCUT2D eigenvalue weighted by atomic mass is 9.55. The van der Waals surface area contributed by atoms with Crippen molar-refractivity contribution in [2.24, 2.45) is 22.9 Å². The summed E-state index contributed by atoms with van der Waals surface area (Å²) in [6.45, 7) is 12.1. The highest BCUT2D eigenvalue weighted by Crippen LogP contribution is 2.62. The zero-order valence-electron chi connectivity index (χ0n) is 41.3. The Hall–Kier alpha value is -4.56. The summed E-state index contributed by atoms with van der Waals surface area (Å²) in [7, 11) is 0. The fraction of sp³-hybridized carbons (Fsp3) is 0.643. The van der Waals surface area contributed by atoms with Gasteiger partial charge in [0.2, 0.25) is 18.9 Å². The molecule has 1 saturated heterocycles. The van der Waals surface area contributed by atoms with Gasteiger partial charge in [-0.2, -0.15) is 0 Å². The molecule has 1 saturated carbocycles. The number of aliphatic hydroxyl groups is 2. The minimum Gasteiger partial charge on any atom is -0.490 e. The Morgan fingerprint density at radius 3 is 2.33 bits per heavy atom. The molecule has 69 heavy (non-hydrogen) atoms. The number of fused-ring (bicyclic) bond motifs is 3. The van der Waals surface area contributed by atoms with Gasteiger partial charge in [-0.15, -0.1) is 6.58 Å². The molecule has 2 aliphatic carbocycles. The highest BCUT2D eigenvalue weighted by atomic mass is 16.8. The number of carbonyl (C=O) groups excluding carboxylic acids is 1. The molecule has 0 aromatic heterocycles. The molecule has 2 aromatic rings. The van der Waals surface area contributed by atoms with Crippen LogP contribution in [0, 0.1) is 17.8 Å². The van der Waals surface area contributed by atoms with Crippen molar-refractivity contribution in [3.63, 3.8) is 0 Å². The molecule has 3 heterocycles. The first-order valence-corrected chi connectivity index (χ1v) is 26.4. The molecular formula is C56H80N2O11. The molecular weight excluding hydrogens is 877 g/mol. The molecule has 13 nitrogen and oxygen atoms in total. The van der Waals surface area contributed by atoms with Crippen LogP contribution in [-0.2, 0) is 25.6 Å². The summed E-state index contributed by atoms with van der Waals surface area (Å²) in [6, 6.07) is 10.9. The van der Waals surface area contributed by atoms with Crippen LogP contribution in [0.4, 0.5) is 4.79 Å². The summed E-state index contributed by atoms with van der Waals surface area (Å²) in [5.41, 5.74) is 3.46. The Morgan fingerprint density at radius 2 is 1.59 bits per heavy atom. The topological polar surface area (TPSA) is 147 Å². The van der Waals surface area contributed by atoms with E-state index < -0.39 is 30.1 Å². The van der Waals surface area contributed by atoms with Crippen molar-refractivity contribution >= 4 is 11.8 Å². The van der Waals surface area contributed by atoms with E-state index in [4.69, 9.17) is 43.2 Å². The lowest BCUT2D eigenvalue weighted by Gasteiger charge is -2.60. The van der Waals surface area contributed by atoms with Gasteiger partial charge in [0.25, 0.3) is 0 Å². The van der Waals surface area contributed by atoms with Crippen LogP contribution in [0.3, 0.4) is 0 Å². The van der Waals surface area contributed by atoms with Crippen molar-refractivity contribution in [1.82, 2.24) is 4.90 Å². The summed E-state index contributed by atoms with van der Waals surface area (Å²) in [5.74, 6) is 0.580. The highest BCUT2D eigenvalue weighted by molar-refractivity contribution is 6.03. The SMILES string of the molecule is C=CCOc1ccc2c(c1)C1C(CCCCO)C(CCCCO)C=C3C(=NOC4CCCCO4)CC(N(Cc4ccc5c(c4)OCO5)C(=O)OCCCCCCCCCCCC)C(OCC=C)(O2)C31. The number of amides is 1. The Balaban J connectivity index is 1.32. The van der Waals surface area contributed by atoms with Gasteiger partial charge in [-0.25, -0.2) is 4.79 Å². The monoisotopic (exact) mass is 957 g/mol. The fourth-order valence-electron chi connectivity index (χ4n) is 11.2. The van der Waals surface area contributed by atoms with E-state index in [2.05, 4.69) is 32.2 Å². The van der Waals surface area contributed by atoms with Gasteiger partial charge in [0.1, 0.15) is 24.1 Å². The second-order valence-electron chi connectivity index (χ2n) is 19.4. The van der Waals surface area contributed by atoms with Crippen LogP contribution in [0.5, 0.6) is 23.0 Å². The van der Waals surface area contributed by atoms with E-state index in [0.29, 0.717) is 54.8 Å². The maximum Gasteiger partial charge on any atom is 0.410 e. The van der Waals surface area contributed by atoms with E-state index in [1.54, 1.807) is 17.1 Å². The molecule has 0 bridgehead atoms. The Morgan fingerprint density at radius 1 is 0.855 bits per heavy atom. The van der Waals surface area contributed by atoms with E-state index in [1.165, 1.54) is 44.9 Å². The summed E-state index contributed by atoms with van der Waals surface area (Å²) < 4.78 is 44.8. The zero-order valence-corrected chi connectivity index (χ0v) is 41.3. The van der Waals surface area contributed by atoms with E-state index >= 15 is 4.79 Å². The van der Waals surface area contributed by atoms with E-state index in [-0.39, 0.29) is 63.9 Å². The lowest BCUT2D eigenvalue weighted by molar-refractivity contribution is -0.256. The first kappa shape index (κ1) is 52.3. The maximum atomic E-state index is 15.2. The first-order chi connectivity index (χ1) is 33.9. The number of unbranched alkanes of at least 4 members (excludes halogenated alkanes) is 11. The number of oxime groups is 1. The Labute approximate surface area is 411 Å². The van der Waals surface area contributed by atoms with Crippen molar-refractivity contribution in [3.8, 4) is 23.0 Å². The minimum absolute atomic E-state index is 0.0567. The van der Waals surface area contributed by atoms with Crippen LogP contribution in [0.15, 0.2) is 78.5 Å². The molecule has 2 aromatic carbocycles. The van der Waals surface area contributed by atoms with Crippen molar-refractivity contribution < 1.29 is 53.0 Å². The Bertz CT molecular complexity index is 2000. The Kier molecular flexibility index (Phi) is 20.6. The van der Waals surface area contributed by atoms with Gasteiger partial charge in [0.05, 0.1) is 31.5 Å². The molecule has 13 heteroatoms. The third kappa shape index (κ3) is 13.4. The first-order valence-electron chi connectivity index (χ1n) is 26.4. The standard InChI is InChI=1S/C56H80N2O11/c1-4-7-8-9-10-11-12-13-14-20-34-64-55(61)58(39-41-25-27-49-50(35-41)66-40-65-49)51-38-47(57-69-52-24-17-21-33-63-52)45-36-42(22-15-18-29-59)44(23-16-19-30-60)53-46-37-43(62-31-5-2)26-28-48(46)68-56(51,54(45)53)67-32-6-3/h5-6,25-28,35-37,42,44,51-54,59-60H,2-4,7-24,29-34,38-40H2,1H3. The number of aliphatic hydroxyl groups excluding tert-OH is 2. The average molecular weight is 957 g/mol. The predicted molar refractivity (Wildman–Crippen MR) is 267 cm³/mol. The molecule has 0 spiro atoms. The molecule has 7 atom stereocenters. The van der Waals surface area contributed by atoms with Crippen molar-refractivity contribution in [3.05, 3.63) is 84.5 Å². The van der Waals surface area contributed by atoms with Crippen LogP contribution in [0.1, 0.15) is 152 Å². The fourth-order valence-corrected chi connectivity index (χ4v) is 11.2. The second kappa shape index (κ2) is 27.2. The highest BCUT2D eigenvalue weighted by Gasteiger charge is 2.66. The predicted octanol–water partition coefficient (Wildman–Crippen LogP) is 11.7. The molecule has 2 N–H and O–H groups in total. The number of carbonyl (C=O) groups is 1. The summed E-state index contributed by atoms with van der Waals surface area (Å²) >= 11 is 0. The molecule has 1 amide bonds. The minimum atomic E-state index is -1.46. The number of hydrogen-bond acceptors (Lipinski definition) is 12. The van der Waals surface area contributed by atoms with Crippen molar-refractivity contribution in [2.45, 2.75) is 166 Å². The summed E-state index contributed by atoms with van der Waals surface area (Å²) in [6.07, 6.45) is 24.1. The molecule has 2 fully saturated rings. The molecule has 380 valence electrons. The molecule has 3 aliphatic heterocycles. The largest absolute Gasteiger partial charge is 0.490 e. The van der Waals surface area contributed by atoms with E-state index in [0.717, 1.165) is 80.9 Å². The number of ether oxygens (including phenoxy) is 7. The zero-order chi connectivity index (χ0) is 48.3. The van der Waals surface area contributed by atoms with Crippen LogP contribution in [0.2, 0.25) is 0 Å². The number of rotatable bonds is 30. The molecule has 5 aliphatic rings. The van der Waals surface area contributed by atoms with Crippen LogP contribution in [-0.4, -0.2) is 91.5 Å². The van der Waals surface area contributed by atoms with Gasteiger partial charge in [-0.1, -0.05) is 114 Å². The number of nitrogens with zero attached hydrogens (tertiary/aromatic N) is 2. The van der Waals surface area contributed by atoms with Crippen LogP contribution < -0.4 is 18.9 Å². The quantitative estimate of drug-likeness (QED) is 0.0438. The smallest absolute Gasteiger partial charge is 0.410 e. The van der Waals surface area contributed by atoms with Gasteiger partial charge in [-0.3, -0.25) is 4.90 Å². The summed E-state index contributed by atoms with van der Waals surface area (Å²) in [5, 5.41) is 25.1. The van der Waals surface area contributed by atoms with Gasteiger partial charge in [-0.05, 0) is 98.2 Å². The van der Waals surface area contributed by atoms with Gasteiger partial charge in [0.15, 0.2) is 11.5 Å². The third-order valence-electron chi connectivity index (χ3n) is 14.6. The van der Waals surface area contributed by atoms with Crippen molar-refractivity contribution in [2.75, 3.05) is 46.4 Å². The lowest BCUT2D eigenvalue weighted by Crippen LogP contribution is -2.70. The van der Waals surface area contributed by atoms with Gasteiger partial charge < -0.3 is 48.2 Å².